The molecule has 0 radical (unpaired) electrons. The number of fused-ring (bicyclic) bond motifs is 1. The van der Waals surface area contributed by atoms with E-state index in [0.29, 0.717) is 0 Å². The molecule has 1 aliphatic rings. The predicted molar refractivity (Wildman–Crippen MR) is 55.9 cm³/mol. The molecule has 16 heavy (non-hydrogen) atoms. The van der Waals surface area contributed by atoms with Crippen LogP contribution in [0.1, 0.15) is 23.1 Å². The smallest absolute Gasteiger partial charge is 0.290 e. The van der Waals surface area contributed by atoms with E-state index in [1.165, 1.54) is 23.1 Å². The van der Waals surface area contributed by atoms with E-state index in [0.717, 1.165) is 18.5 Å². The second-order valence-corrected chi connectivity index (χ2v) is 3.51. The highest BCUT2D eigenvalue weighted by Crippen LogP contribution is 2.27. The van der Waals surface area contributed by atoms with Crippen LogP contribution < -0.4 is 17.6 Å². The van der Waals surface area contributed by atoms with Crippen LogP contribution in [0.15, 0.2) is 12.1 Å². The molecular formula is C11H14ClNO3. The number of carboxylic acid groups (broad SMARTS) is 1. The molecule has 0 bridgehead atoms. The van der Waals surface area contributed by atoms with Gasteiger partial charge in [-0.2, -0.15) is 0 Å². The molecule has 0 unspecified atom stereocenters. The van der Waals surface area contributed by atoms with Crippen molar-refractivity contribution in [2.75, 3.05) is 0 Å². The Kier molecular flexibility index (Phi) is 6.34. The molecule has 88 valence electrons. The normalized spacial score (nSPS) is 11.6. The quantitative estimate of drug-likeness (QED) is 0.544. The Hall–Kier alpha value is -1.42. The molecule has 0 fully saturated rings. The van der Waals surface area contributed by atoms with Crippen molar-refractivity contribution in [3.63, 3.8) is 0 Å². The summed E-state index contributed by atoms with van der Waals surface area (Å²) in [6, 6.07) is 4.11. The summed E-state index contributed by atoms with van der Waals surface area (Å²) >= 11 is 0. The Balaban J connectivity index is 0.000000511. The summed E-state index contributed by atoms with van der Waals surface area (Å²) in [5, 5.41) is 8.91. The van der Waals surface area contributed by atoms with Gasteiger partial charge in [-0.3, -0.25) is 4.79 Å². The topological polar surface area (TPSA) is 68.3 Å². The molecule has 1 aromatic carbocycles. The Morgan fingerprint density at radius 3 is 2.56 bits per heavy atom. The number of nitroso groups, excluding NO2 is 1. The summed E-state index contributed by atoms with van der Waals surface area (Å²) < 4.78 is 0. The standard InChI is InChI=1S/C10H11NO.CH2O2.ClH/c1-7-5-8-3-2-4-9(8)10(6-7)11-12;2-1-3;/h5-6H,2-4H2,1H3;1H,(H,2,3);1H. The van der Waals surface area contributed by atoms with Gasteiger partial charge < -0.3 is 17.5 Å². The van der Waals surface area contributed by atoms with E-state index in [9.17, 15) is 4.91 Å². The Labute approximate surface area is 100 Å². The average Bonchev–Trinajstić information content (AvgIpc) is 2.65. The van der Waals surface area contributed by atoms with Gasteiger partial charge in [-0.1, -0.05) is 6.07 Å². The van der Waals surface area contributed by atoms with Crippen LogP contribution in [0.2, 0.25) is 0 Å². The third-order valence-electron chi connectivity index (χ3n) is 2.47. The van der Waals surface area contributed by atoms with E-state index in [-0.39, 0.29) is 18.9 Å². The first-order valence-electron chi connectivity index (χ1n) is 4.81. The lowest BCUT2D eigenvalue weighted by Gasteiger charge is -1.98. The maximum atomic E-state index is 10.6. The third-order valence-corrected chi connectivity index (χ3v) is 2.47. The first kappa shape index (κ1) is 14.6. The van der Waals surface area contributed by atoms with Gasteiger partial charge in [0.15, 0.2) is 0 Å². The SMILES string of the molecule is Cc1cc2c(c([NH+]=O)c1)CCC2.O=CO.[Cl-]. The number of carbonyl (C=O) groups is 1. The highest BCUT2D eigenvalue weighted by Gasteiger charge is 2.19. The maximum Gasteiger partial charge on any atom is 0.290 e. The fourth-order valence-electron chi connectivity index (χ4n) is 1.96. The number of benzene rings is 1. The highest BCUT2D eigenvalue weighted by atomic mass is 35.5. The van der Waals surface area contributed by atoms with Crippen LogP contribution in [-0.2, 0) is 17.6 Å². The molecule has 2 rings (SSSR count). The second-order valence-electron chi connectivity index (χ2n) is 3.51. The van der Waals surface area contributed by atoms with Crippen molar-refractivity contribution in [1.82, 2.24) is 0 Å². The van der Waals surface area contributed by atoms with Gasteiger partial charge >= 0.3 is 0 Å². The summed E-state index contributed by atoms with van der Waals surface area (Å²) in [5.74, 6) is 0. The summed E-state index contributed by atoms with van der Waals surface area (Å²) in [6.45, 7) is 1.78. The Bertz CT molecular complexity index is 380. The molecule has 4 nitrogen and oxygen atoms in total. The van der Waals surface area contributed by atoms with Crippen molar-refractivity contribution in [2.24, 2.45) is 0 Å². The Morgan fingerprint density at radius 1 is 1.38 bits per heavy atom. The second kappa shape index (κ2) is 6.95. The lowest BCUT2D eigenvalue weighted by Crippen LogP contribution is -3.00. The molecule has 5 heteroatoms. The lowest BCUT2D eigenvalue weighted by atomic mass is 10.1. The fraction of sp³-hybridized carbons (Fsp3) is 0.364. The molecule has 0 spiro atoms. The number of nitrogens with one attached hydrogen (secondary N) is 1. The number of hydrogen-bond donors (Lipinski definition) is 2. The first-order valence-corrected chi connectivity index (χ1v) is 4.81. The summed E-state index contributed by atoms with van der Waals surface area (Å²) in [5.41, 5.74) is 4.54. The van der Waals surface area contributed by atoms with Gasteiger partial charge in [0.2, 0.25) is 0 Å². The van der Waals surface area contributed by atoms with Crippen LogP contribution in [-0.4, -0.2) is 11.6 Å². The van der Waals surface area contributed by atoms with Crippen LogP contribution in [0.25, 0.3) is 0 Å². The zero-order valence-electron chi connectivity index (χ0n) is 9.00. The molecule has 0 saturated heterocycles. The van der Waals surface area contributed by atoms with Gasteiger partial charge in [-0.05, 0) is 37.3 Å². The minimum Gasteiger partial charge on any atom is -1.00 e. The van der Waals surface area contributed by atoms with Crippen molar-refractivity contribution >= 4 is 12.2 Å². The molecule has 1 aromatic rings. The summed E-state index contributed by atoms with van der Waals surface area (Å²) in [7, 11) is 0. The highest BCUT2D eigenvalue weighted by molar-refractivity contribution is 5.49. The molecule has 0 aromatic heterocycles. The van der Waals surface area contributed by atoms with E-state index in [1.807, 2.05) is 18.2 Å². The van der Waals surface area contributed by atoms with E-state index >= 15 is 0 Å². The Morgan fingerprint density at radius 2 is 2.00 bits per heavy atom. The number of rotatable bonds is 1. The van der Waals surface area contributed by atoms with Gasteiger partial charge in [0, 0.05) is 21.7 Å². The molecule has 0 aliphatic heterocycles. The fourth-order valence-corrected chi connectivity index (χ4v) is 1.96. The molecular weight excluding hydrogens is 230 g/mol. The number of halogens is 1. The van der Waals surface area contributed by atoms with Crippen LogP contribution in [0.3, 0.4) is 0 Å². The van der Waals surface area contributed by atoms with Gasteiger partial charge in [-0.25, -0.2) is 0 Å². The number of hydrogen-bond acceptors (Lipinski definition) is 2. The minimum atomic E-state index is -0.250. The molecule has 0 saturated carbocycles. The van der Waals surface area contributed by atoms with Gasteiger partial charge in [0.25, 0.3) is 12.2 Å². The van der Waals surface area contributed by atoms with E-state index < -0.39 is 0 Å². The van der Waals surface area contributed by atoms with E-state index in [4.69, 9.17) is 9.90 Å². The van der Waals surface area contributed by atoms with Gasteiger partial charge in [0.05, 0.1) is 0 Å². The van der Waals surface area contributed by atoms with Crippen molar-refractivity contribution in [2.45, 2.75) is 26.2 Å². The summed E-state index contributed by atoms with van der Waals surface area (Å²) in [6.07, 6.45) is 3.37. The lowest BCUT2D eigenvalue weighted by molar-refractivity contribution is -0.380. The van der Waals surface area contributed by atoms with Crippen molar-refractivity contribution < 1.29 is 27.5 Å². The number of aryl methyl sites for hydroxylation is 2. The summed E-state index contributed by atoms with van der Waals surface area (Å²) in [4.78, 5) is 19.0. The molecule has 0 amide bonds. The van der Waals surface area contributed by atoms with E-state index in [2.05, 4.69) is 6.07 Å². The zero-order chi connectivity index (χ0) is 11.3. The molecule has 0 atom stereocenters. The van der Waals surface area contributed by atoms with Crippen LogP contribution in [0.5, 0.6) is 0 Å². The van der Waals surface area contributed by atoms with Crippen molar-refractivity contribution in [3.8, 4) is 0 Å². The van der Waals surface area contributed by atoms with Crippen LogP contribution in [0, 0.1) is 11.8 Å². The minimum absolute atomic E-state index is 0. The molecule has 0 heterocycles. The van der Waals surface area contributed by atoms with Gasteiger partial charge in [0.1, 0.15) is 0 Å². The van der Waals surface area contributed by atoms with Crippen LogP contribution in [0.4, 0.5) is 5.69 Å². The van der Waals surface area contributed by atoms with E-state index in [1.54, 1.807) is 0 Å². The van der Waals surface area contributed by atoms with Gasteiger partial charge in [-0.15, -0.1) is 0 Å². The van der Waals surface area contributed by atoms with Crippen molar-refractivity contribution in [1.29, 1.82) is 0 Å². The predicted octanol–water partition coefficient (Wildman–Crippen LogP) is -2.33. The van der Waals surface area contributed by atoms with Crippen LogP contribution >= 0.6 is 0 Å². The largest absolute Gasteiger partial charge is 1.00 e. The first-order chi connectivity index (χ1) is 7.22. The monoisotopic (exact) mass is 243 g/mol. The molecule has 1 aliphatic carbocycles. The third kappa shape index (κ3) is 3.31. The molecule has 2 N–H and O–H groups in total. The maximum absolute atomic E-state index is 10.6. The zero-order valence-corrected chi connectivity index (χ0v) is 9.75. The van der Waals surface area contributed by atoms with Crippen molar-refractivity contribution in [3.05, 3.63) is 33.7 Å². The average molecular weight is 244 g/mol.